The first kappa shape index (κ1) is 17.4. The third kappa shape index (κ3) is 4.57. The van der Waals surface area contributed by atoms with Crippen LogP contribution in [0.1, 0.15) is 24.0 Å². The van der Waals surface area contributed by atoms with Crippen LogP contribution in [-0.4, -0.2) is 61.4 Å². The Hall–Kier alpha value is -2.41. The summed E-state index contributed by atoms with van der Waals surface area (Å²) in [6, 6.07) is 7.95. The van der Waals surface area contributed by atoms with Crippen molar-refractivity contribution in [3.05, 3.63) is 35.4 Å². The predicted octanol–water partition coefficient (Wildman–Crippen LogP) is 0.853. The number of aryl methyl sites for hydroxylation is 1. The largest absolute Gasteiger partial charge is 0.382 e. The van der Waals surface area contributed by atoms with Crippen LogP contribution in [-0.2, 0) is 19.2 Å². The molecule has 2 heterocycles. The SMILES string of the molecule is Cc1ccc(C2=NO[C@@H](C(=O)NCCC(=O)N3CCOCC3)C2)cc1. The number of carbonyl (C=O) groups excluding carboxylic acids is 2. The van der Waals surface area contributed by atoms with Crippen LogP contribution in [0.4, 0.5) is 0 Å². The van der Waals surface area contributed by atoms with Gasteiger partial charge in [0.2, 0.25) is 12.0 Å². The Bertz CT molecular complexity index is 651. The molecule has 1 N–H and O–H groups in total. The van der Waals surface area contributed by atoms with Crippen LogP contribution in [0.2, 0.25) is 0 Å². The van der Waals surface area contributed by atoms with Gasteiger partial charge in [0.1, 0.15) is 0 Å². The minimum atomic E-state index is -0.630. The number of hydrogen-bond acceptors (Lipinski definition) is 5. The van der Waals surface area contributed by atoms with Crippen molar-refractivity contribution >= 4 is 17.5 Å². The number of amides is 2. The summed E-state index contributed by atoms with van der Waals surface area (Å²) in [6.07, 6.45) is 0.0889. The van der Waals surface area contributed by atoms with Gasteiger partial charge in [0.05, 0.1) is 18.9 Å². The first-order chi connectivity index (χ1) is 12.1. The van der Waals surface area contributed by atoms with Crippen molar-refractivity contribution in [2.75, 3.05) is 32.8 Å². The molecular weight excluding hydrogens is 322 g/mol. The van der Waals surface area contributed by atoms with Crippen LogP contribution in [0.15, 0.2) is 29.4 Å². The molecule has 7 nitrogen and oxygen atoms in total. The Morgan fingerprint density at radius 3 is 2.68 bits per heavy atom. The molecule has 0 spiro atoms. The minimum absolute atomic E-state index is 0.0348. The van der Waals surface area contributed by atoms with E-state index in [9.17, 15) is 9.59 Å². The summed E-state index contributed by atoms with van der Waals surface area (Å²) in [7, 11) is 0. The van der Waals surface area contributed by atoms with Gasteiger partial charge in [-0.25, -0.2) is 0 Å². The number of benzene rings is 1. The monoisotopic (exact) mass is 345 g/mol. The molecule has 1 saturated heterocycles. The number of rotatable bonds is 5. The van der Waals surface area contributed by atoms with Gasteiger partial charge in [0.25, 0.3) is 5.91 Å². The number of carbonyl (C=O) groups is 2. The van der Waals surface area contributed by atoms with E-state index in [1.807, 2.05) is 31.2 Å². The molecule has 1 aromatic rings. The van der Waals surface area contributed by atoms with Crippen LogP contribution in [0.3, 0.4) is 0 Å². The van der Waals surface area contributed by atoms with E-state index in [-0.39, 0.29) is 18.2 Å². The van der Waals surface area contributed by atoms with Gasteiger partial charge in [-0.15, -0.1) is 0 Å². The maximum atomic E-state index is 12.2. The number of hydrogen-bond donors (Lipinski definition) is 1. The molecule has 0 bridgehead atoms. The zero-order chi connectivity index (χ0) is 17.6. The molecular formula is C18H23N3O4. The Kier molecular flexibility index (Phi) is 5.65. The molecule has 134 valence electrons. The summed E-state index contributed by atoms with van der Waals surface area (Å²) in [6.45, 7) is 4.71. The van der Waals surface area contributed by atoms with Gasteiger partial charge in [0, 0.05) is 32.5 Å². The first-order valence-corrected chi connectivity index (χ1v) is 8.56. The summed E-state index contributed by atoms with van der Waals surface area (Å²) in [5, 5.41) is 6.78. The number of nitrogens with zero attached hydrogens (tertiary/aromatic N) is 2. The highest BCUT2D eigenvalue weighted by atomic mass is 16.6. The maximum absolute atomic E-state index is 12.2. The highest BCUT2D eigenvalue weighted by molar-refractivity contribution is 6.04. The Morgan fingerprint density at radius 2 is 1.96 bits per heavy atom. The second-order valence-electron chi connectivity index (χ2n) is 6.24. The van der Waals surface area contributed by atoms with E-state index in [4.69, 9.17) is 9.57 Å². The molecule has 7 heteroatoms. The highest BCUT2D eigenvalue weighted by Crippen LogP contribution is 2.17. The van der Waals surface area contributed by atoms with E-state index in [0.29, 0.717) is 39.3 Å². The fourth-order valence-corrected chi connectivity index (χ4v) is 2.81. The average molecular weight is 345 g/mol. The summed E-state index contributed by atoms with van der Waals surface area (Å²) in [5.41, 5.74) is 2.90. The van der Waals surface area contributed by atoms with E-state index in [1.54, 1.807) is 4.90 Å². The molecule has 0 aliphatic carbocycles. The minimum Gasteiger partial charge on any atom is -0.382 e. The topological polar surface area (TPSA) is 80.2 Å². The Morgan fingerprint density at radius 1 is 1.24 bits per heavy atom. The normalized spacial score (nSPS) is 20.0. The van der Waals surface area contributed by atoms with Gasteiger partial charge in [-0.3, -0.25) is 9.59 Å². The third-order valence-corrected chi connectivity index (χ3v) is 4.35. The van der Waals surface area contributed by atoms with E-state index in [1.165, 1.54) is 5.56 Å². The first-order valence-electron chi connectivity index (χ1n) is 8.56. The maximum Gasteiger partial charge on any atom is 0.264 e. The molecule has 1 atom stereocenters. The van der Waals surface area contributed by atoms with Crippen molar-refractivity contribution in [1.29, 1.82) is 0 Å². The summed E-state index contributed by atoms with van der Waals surface area (Å²) < 4.78 is 5.22. The van der Waals surface area contributed by atoms with Gasteiger partial charge in [-0.2, -0.15) is 0 Å². The Balaban J connectivity index is 1.41. The zero-order valence-corrected chi connectivity index (χ0v) is 14.4. The van der Waals surface area contributed by atoms with E-state index < -0.39 is 6.10 Å². The zero-order valence-electron chi connectivity index (χ0n) is 14.4. The molecule has 2 aliphatic heterocycles. The lowest BCUT2D eigenvalue weighted by Gasteiger charge is -2.26. The number of ether oxygens (including phenoxy) is 1. The number of oxime groups is 1. The van der Waals surface area contributed by atoms with Crippen LogP contribution >= 0.6 is 0 Å². The number of morpholine rings is 1. The lowest BCUT2D eigenvalue weighted by atomic mass is 10.0. The fourth-order valence-electron chi connectivity index (χ4n) is 2.81. The van der Waals surface area contributed by atoms with Gasteiger partial charge in [-0.05, 0) is 12.5 Å². The van der Waals surface area contributed by atoms with E-state index in [0.717, 1.165) is 11.3 Å². The average Bonchev–Trinajstić information content (AvgIpc) is 3.13. The molecule has 0 saturated carbocycles. The second kappa shape index (κ2) is 8.11. The predicted molar refractivity (Wildman–Crippen MR) is 92.2 cm³/mol. The van der Waals surface area contributed by atoms with Gasteiger partial charge < -0.3 is 19.8 Å². The van der Waals surface area contributed by atoms with Gasteiger partial charge in [-0.1, -0.05) is 35.0 Å². The van der Waals surface area contributed by atoms with Gasteiger partial charge in [0.15, 0.2) is 0 Å². The lowest BCUT2D eigenvalue weighted by molar-refractivity contribution is -0.135. The molecule has 1 fully saturated rings. The standard InChI is InChI=1S/C18H23N3O4/c1-13-2-4-14(5-3-13)15-12-16(25-20-15)18(23)19-7-6-17(22)21-8-10-24-11-9-21/h2-5,16H,6-12H2,1H3,(H,19,23)/t16-/m1/s1. The summed E-state index contributed by atoms with van der Waals surface area (Å²) >= 11 is 0. The van der Waals surface area contributed by atoms with Crippen LogP contribution < -0.4 is 5.32 Å². The van der Waals surface area contributed by atoms with E-state index >= 15 is 0 Å². The molecule has 25 heavy (non-hydrogen) atoms. The van der Waals surface area contributed by atoms with Crippen molar-refractivity contribution in [1.82, 2.24) is 10.2 Å². The molecule has 0 unspecified atom stereocenters. The molecule has 2 aliphatic rings. The summed E-state index contributed by atoms with van der Waals surface area (Å²) in [4.78, 5) is 31.2. The summed E-state index contributed by atoms with van der Waals surface area (Å²) in [5.74, 6) is -0.201. The van der Waals surface area contributed by atoms with Crippen LogP contribution in [0.5, 0.6) is 0 Å². The van der Waals surface area contributed by atoms with Crippen molar-refractivity contribution in [3.63, 3.8) is 0 Å². The second-order valence-corrected chi connectivity index (χ2v) is 6.24. The van der Waals surface area contributed by atoms with Crippen LogP contribution in [0.25, 0.3) is 0 Å². The molecule has 0 aromatic heterocycles. The van der Waals surface area contributed by atoms with Crippen molar-refractivity contribution in [2.24, 2.45) is 5.16 Å². The molecule has 0 radical (unpaired) electrons. The third-order valence-electron chi connectivity index (χ3n) is 4.35. The fraction of sp³-hybridized carbons (Fsp3) is 0.500. The highest BCUT2D eigenvalue weighted by Gasteiger charge is 2.28. The van der Waals surface area contributed by atoms with Crippen molar-refractivity contribution in [3.8, 4) is 0 Å². The van der Waals surface area contributed by atoms with Crippen molar-refractivity contribution < 1.29 is 19.2 Å². The van der Waals surface area contributed by atoms with E-state index in [2.05, 4.69) is 10.5 Å². The molecule has 2 amide bonds. The smallest absolute Gasteiger partial charge is 0.264 e. The quantitative estimate of drug-likeness (QED) is 0.858. The number of nitrogens with one attached hydrogen (secondary N) is 1. The van der Waals surface area contributed by atoms with Gasteiger partial charge >= 0.3 is 0 Å². The molecule has 1 aromatic carbocycles. The van der Waals surface area contributed by atoms with Crippen molar-refractivity contribution in [2.45, 2.75) is 25.9 Å². The lowest BCUT2D eigenvalue weighted by Crippen LogP contribution is -2.42. The molecule has 3 rings (SSSR count). The Labute approximate surface area is 147 Å². The van der Waals surface area contributed by atoms with Crippen LogP contribution in [0, 0.1) is 6.92 Å².